The van der Waals surface area contributed by atoms with Crippen LogP contribution in [0.3, 0.4) is 0 Å². The van der Waals surface area contributed by atoms with Crippen molar-refractivity contribution in [2.45, 2.75) is 25.7 Å². The zero-order valence-corrected chi connectivity index (χ0v) is 12.6. The highest BCUT2D eigenvalue weighted by Gasteiger charge is 2.21. The van der Waals surface area contributed by atoms with Crippen LogP contribution in [0.5, 0.6) is 0 Å². The van der Waals surface area contributed by atoms with Gasteiger partial charge in [-0.2, -0.15) is 0 Å². The molecule has 1 N–H and O–H groups in total. The SMILES string of the molecule is CC(CNC(=O)CN1CCCC(C=O)C1)c1ccccc1. The first-order valence-electron chi connectivity index (χ1n) is 7.68. The molecular weight excluding hydrogens is 264 g/mol. The second-order valence-electron chi connectivity index (χ2n) is 5.89. The van der Waals surface area contributed by atoms with Crippen molar-refractivity contribution in [3.63, 3.8) is 0 Å². The maximum Gasteiger partial charge on any atom is 0.234 e. The van der Waals surface area contributed by atoms with Crippen LogP contribution in [0.15, 0.2) is 30.3 Å². The molecule has 21 heavy (non-hydrogen) atoms. The summed E-state index contributed by atoms with van der Waals surface area (Å²) in [6, 6.07) is 10.2. The molecule has 2 rings (SSSR count). The number of benzene rings is 1. The van der Waals surface area contributed by atoms with Gasteiger partial charge < -0.3 is 10.1 Å². The van der Waals surface area contributed by atoms with Crippen molar-refractivity contribution >= 4 is 12.2 Å². The van der Waals surface area contributed by atoms with Gasteiger partial charge in [0.05, 0.1) is 6.54 Å². The Balaban J connectivity index is 1.73. The Hall–Kier alpha value is -1.68. The van der Waals surface area contributed by atoms with Gasteiger partial charge in [-0.3, -0.25) is 9.69 Å². The minimum absolute atomic E-state index is 0.0457. The monoisotopic (exact) mass is 288 g/mol. The van der Waals surface area contributed by atoms with Crippen molar-refractivity contribution < 1.29 is 9.59 Å². The van der Waals surface area contributed by atoms with Crippen molar-refractivity contribution in [3.05, 3.63) is 35.9 Å². The van der Waals surface area contributed by atoms with Gasteiger partial charge in [-0.05, 0) is 30.9 Å². The summed E-state index contributed by atoms with van der Waals surface area (Å²) in [5, 5.41) is 2.99. The smallest absolute Gasteiger partial charge is 0.234 e. The third-order valence-electron chi connectivity index (χ3n) is 4.08. The number of amides is 1. The zero-order chi connectivity index (χ0) is 15.1. The number of hydrogen-bond donors (Lipinski definition) is 1. The number of likely N-dealkylation sites (tertiary alicyclic amines) is 1. The minimum atomic E-state index is 0.0457. The van der Waals surface area contributed by atoms with Crippen LogP contribution in [0.2, 0.25) is 0 Å². The highest BCUT2D eigenvalue weighted by atomic mass is 16.2. The average Bonchev–Trinajstić information content (AvgIpc) is 2.53. The molecule has 2 atom stereocenters. The third kappa shape index (κ3) is 4.97. The lowest BCUT2D eigenvalue weighted by molar-refractivity contribution is -0.123. The molecule has 0 spiro atoms. The predicted molar refractivity (Wildman–Crippen MR) is 83.1 cm³/mol. The molecule has 1 saturated heterocycles. The van der Waals surface area contributed by atoms with Gasteiger partial charge in [0.25, 0.3) is 0 Å². The van der Waals surface area contributed by atoms with Crippen LogP contribution in [-0.2, 0) is 9.59 Å². The average molecular weight is 288 g/mol. The van der Waals surface area contributed by atoms with E-state index in [1.807, 2.05) is 18.2 Å². The lowest BCUT2D eigenvalue weighted by Crippen LogP contribution is -2.43. The maximum atomic E-state index is 12.0. The van der Waals surface area contributed by atoms with Crippen LogP contribution in [0.1, 0.15) is 31.2 Å². The fourth-order valence-electron chi connectivity index (χ4n) is 2.77. The zero-order valence-electron chi connectivity index (χ0n) is 12.6. The van der Waals surface area contributed by atoms with E-state index in [1.54, 1.807) is 0 Å². The standard InChI is InChI=1S/C17H24N2O2/c1-14(16-7-3-2-4-8-16)10-18-17(21)12-19-9-5-6-15(11-19)13-20/h2-4,7-8,13-15H,5-6,9-12H2,1H3,(H,18,21). The van der Waals surface area contributed by atoms with Crippen molar-refractivity contribution in [2.75, 3.05) is 26.2 Å². The molecule has 1 aliphatic heterocycles. The highest BCUT2D eigenvalue weighted by molar-refractivity contribution is 5.78. The molecule has 0 aliphatic carbocycles. The van der Waals surface area contributed by atoms with Crippen LogP contribution in [0.4, 0.5) is 0 Å². The molecule has 1 aromatic carbocycles. The fourth-order valence-corrected chi connectivity index (χ4v) is 2.77. The number of hydrogen-bond acceptors (Lipinski definition) is 3. The summed E-state index contributed by atoms with van der Waals surface area (Å²) < 4.78 is 0. The van der Waals surface area contributed by atoms with Crippen LogP contribution < -0.4 is 5.32 Å². The van der Waals surface area contributed by atoms with Crippen molar-refractivity contribution in [1.29, 1.82) is 0 Å². The summed E-state index contributed by atoms with van der Waals surface area (Å²) >= 11 is 0. The van der Waals surface area contributed by atoms with E-state index in [9.17, 15) is 9.59 Å². The molecule has 1 aromatic rings. The summed E-state index contributed by atoms with van der Waals surface area (Å²) in [5.41, 5.74) is 1.23. The van der Waals surface area contributed by atoms with Gasteiger partial charge in [-0.1, -0.05) is 37.3 Å². The summed E-state index contributed by atoms with van der Waals surface area (Å²) in [6.45, 7) is 4.77. The lowest BCUT2D eigenvalue weighted by atomic mass is 10.00. The molecule has 1 aliphatic rings. The first-order valence-corrected chi connectivity index (χ1v) is 7.68. The number of aldehydes is 1. The van der Waals surface area contributed by atoms with E-state index in [0.717, 1.165) is 25.7 Å². The second-order valence-corrected chi connectivity index (χ2v) is 5.89. The van der Waals surface area contributed by atoms with Crippen molar-refractivity contribution in [2.24, 2.45) is 5.92 Å². The molecule has 0 bridgehead atoms. The van der Waals surface area contributed by atoms with Gasteiger partial charge in [0.1, 0.15) is 6.29 Å². The van der Waals surface area contributed by atoms with Gasteiger partial charge in [0, 0.05) is 19.0 Å². The van der Waals surface area contributed by atoms with Gasteiger partial charge >= 0.3 is 0 Å². The summed E-state index contributed by atoms with van der Waals surface area (Å²) in [5.74, 6) is 0.443. The Labute approximate surface area is 126 Å². The molecule has 4 heteroatoms. The number of carbonyl (C=O) groups excluding carboxylic acids is 2. The third-order valence-corrected chi connectivity index (χ3v) is 4.08. The van der Waals surface area contributed by atoms with Crippen molar-refractivity contribution in [1.82, 2.24) is 10.2 Å². The van der Waals surface area contributed by atoms with Crippen LogP contribution in [-0.4, -0.2) is 43.3 Å². The number of nitrogens with one attached hydrogen (secondary N) is 1. The van der Waals surface area contributed by atoms with E-state index >= 15 is 0 Å². The molecule has 0 radical (unpaired) electrons. The first kappa shape index (κ1) is 15.7. The van der Waals surface area contributed by atoms with E-state index in [-0.39, 0.29) is 11.8 Å². The summed E-state index contributed by atoms with van der Waals surface area (Å²) in [6.07, 6.45) is 2.96. The molecule has 2 unspecified atom stereocenters. The first-order chi connectivity index (χ1) is 10.2. The van der Waals surface area contributed by atoms with E-state index < -0.39 is 0 Å². The number of piperidine rings is 1. The summed E-state index contributed by atoms with van der Waals surface area (Å²) in [7, 11) is 0. The van der Waals surface area contributed by atoms with Gasteiger partial charge in [-0.15, -0.1) is 0 Å². The van der Waals surface area contributed by atoms with Crippen LogP contribution in [0.25, 0.3) is 0 Å². The van der Waals surface area contributed by atoms with Gasteiger partial charge in [-0.25, -0.2) is 0 Å². The quantitative estimate of drug-likeness (QED) is 0.812. The lowest BCUT2D eigenvalue weighted by Gasteiger charge is -2.29. The van der Waals surface area contributed by atoms with Gasteiger partial charge in [0.2, 0.25) is 5.91 Å². The normalized spacial score (nSPS) is 20.7. The topological polar surface area (TPSA) is 49.4 Å². The van der Waals surface area contributed by atoms with Gasteiger partial charge in [0.15, 0.2) is 0 Å². The van der Waals surface area contributed by atoms with E-state index in [1.165, 1.54) is 5.56 Å². The number of rotatable bonds is 6. The Morgan fingerprint density at radius 2 is 2.19 bits per heavy atom. The molecule has 1 fully saturated rings. The second kappa shape index (κ2) is 7.93. The molecular formula is C17H24N2O2. The molecule has 114 valence electrons. The number of nitrogens with zero attached hydrogens (tertiary/aromatic N) is 1. The number of carbonyl (C=O) groups is 2. The highest BCUT2D eigenvalue weighted by Crippen LogP contribution is 2.14. The van der Waals surface area contributed by atoms with E-state index in [2.05, 4.69) is 29.3 Å². The van der Waals surface area contributed by atoms with Crippen LogP contribution >= 0.6 is 0 Å². The molecule has 0 aromatic heterocycles. The van der Waals surface area contributed by atoms with E-state index in [4.69, 9.17) is 0 Å². The Morgan fingerprint density at radius 3 is 2.90 bits per heavy atom. The Morgan fingerprint density at radius 1 is 1.43 bits per heavy atom. The molecule has 1 amide bonds. The molecule has 1 heterocycles. The summed E-state index contributed by atoms with van der Waals surface area (Å²) in [4.78, 5) is 24.9. The Bertz CT molecular complexity index is 461. The van der Waals surface area contributed by atoms with E-state index in [0.29, 0.717) is 25.6 Å². The Kier molecular flexibility index (Phi) is 5.93. The molecule has 0 saturated carbocycles. The minimum Gasteiger partial charge on any atom is -0.354 e. The van der Waals surface area contributed by atoms with Crippen molar-refractivity contribution in [3.8, 4) is 0 Å². The molecule has 4 nitrogen and oxygen atoms in total. The maximum absolute atomic E-state index is 12.0. The largest absolute Gasteiger partial charge is 0.354 e. The predicted octanol–water partition coefficient (Wildman–Crippen LogP) is 1.82. The van der Waals surface area contributed by atoms with Crippen LogP contribution in [0, 0.1) is 5.92 Å². The fraction of sp³-hybridized carbons (Fsp3) is 0.529.